The Balaban J connectivity index is 3.88. The van der Waals surface area contributed by atoms with Gasteiger partial charge in [0.2, 0.25) is 0 Å². The van der Waals surface area contributed by atoms with Crippen LogP contribution in [-0.4, -0.2) is 22.9 Å². The highest BCUT2D eigenvalue weighted by molar-refractivity contribution is 7.81. The monoisotopic (exact) mass is 147 g/mol. The molecule has 0 aromatic rings. The van der Waals surface area contributed by atoms with Crippen LogP contribution in [0.25, 0.3) is 0 Å². The van der Waals surface area contributed by atoms with Gasteiger partial charge in [-0.1, -0.05) is 0 Å². The summed E-state index contributed by atoms with van der Waals surface area (Å²) in [7, 11) is 2.08. The summed E-state index contributed by atoms with van der Waals surface area (Å²) in [5.41, 5.74) is 0. The minimum Gasteiger partial charge on any atom is -0.290 e. The first kappa shape index (κ1) is 9.31. The second-order valence-corrected chi connectivity index (χ2v) is 4.29. The maximum atomic E-state index is 4.41. The number of rotatable bonds is 2. The molecule has 0 N–H and O–H groups in total. The lowest BCUT2D eigenvalue weighted by molar-refractivity contribution is 0.197. The largest absolute Gasteiger partial charge is 0.290 e. The molecule has 0 unspecified atom stereocenters. The van der Waals surface area contributed by atoms with Crippen LogP contribution in [0.5, 0.6) is 0 Å². The molecule has 0 atom stereocenters. The number of hydrogen-bond donors (Lipinski definition) is 1. The standard InChI is InChI=1S/C7H17NS/c1-6(2)8(5)7(3,4)9/h6,9H,1-5H3. The minimum absolute atomic E-state index is 0.00810. The predicted octanol–water partition coefficient (Wildman–Crippen LogP) is 1.99. The molecule has 0 spiro atoms. The maximum absolute atomic E-state index is 4.41. The van der Waals surface area contributed by atoms with Crippen LogP contribution in [0.4, 0.5) is 0 Å². The van der Waals surface area contributed by atoms with Crippen molar-refractivity contribution in [3.8, 4) is 0 Å². The van der Waals surface area contributed by atoms with Gasteiger partial charge in [0.1, 0.15) is 0 Å². The van der Waals surface area contributed by atoms with Crippen LogP contribution in [0, 0.1) is 0 Å². The molecule has 0 heterocycles. The molecule has 0 saturated carbocycles. The highest BCUT2D eigenvalue weighted by atomic mass is 32.1. The first-order chi connectivity index (χ1) is 3.85. The van der Waals surface area contributed by atoms with Crippen LogP contribution in [0.15, 0.2) is 0 Å². The zero-order chi connectivity index (χ0) is 7.65. The van der Waals surface area contributed by atoms with Crippen LogP contribution < -0.4 is 0 Å². The second-order valence-electron chi connectivity index (χ2n) is 3.20. The molecule has 9 heavy (non-hydrogen) atoms. The summed E-state index contributed by atoms with van der Waals surface area (Å²) in [5.74, 6) is 0. The molecular weight excluding hydrogens is 130 g/mol. The quantitative estimate of drug-likeness (QED) is 0.462. The zero-order valence-corrected chi connectivity index (χ0v) is 7.87. The normalized spacial score (nSPS) is 13.3. The SMILES string of the molecule is CC(C)N(C)C(C)(C)S. The lowest BCUT2D eigenvalue weighted by Crippen LogP contribution is -2.40. The van der Waals surface area contributed by atoms with Gasteiger partial charge < -0.3 is 0 Å². The third-order valence-corrected chi connectivity index (χ3v) is 1.95. The van der Waals surface area contributed by atoms with Crippen molar-refractivity contribution in [1.29, 1.82) is 0 Å². The Bertz CT molecular complexity index is 83.4. The third-order valence-electron chi connectivity index (χ3n) is 1.64. The summed E-state index contributed by atoms with van der Waals surface area (Å²) in [6.07, 6.45) is 0. The van der Waals surface area contributed by atoms with E-state index in [1.54, 1.807) is 0 Å². The van der Waals surface area contributed by atoms with Crippen LogP contribution in [-0.2, 0) is 0 Å². The van der Waals surface area contributed by atoms with Crippen LogP contribution in [0.2, 0.25) is 0 Å². The van der Waals surface area contributed by atoms with Gasteiger partial charge in [-0.15, -0.1) is 0 Å². The van der Waals surface area contributed by atoms with E-state index >= 15 is 0 Å². The van der Waals surface area contributed by atoms with Gasteiger partial charge in [0.25, 0.3) is 0 Å². The molecular formula is C7H17NS. The summed E-state index contributed by atoms with van der Waals surface area (Å²) in [6, 6.07) is 0.567. The number of hydrogen-bond acceptors (Lipinski definition) is 2. The minimum atomic E-state index is 0.00810. The lowest BCUT2D eigenvalue weighted by atomic mass is 10.2. The molecule has 2 heteroatoms. The average Bonchev–Trinajstić information content (AvgIpc) is 1.62. The van der Waals surface area contributed by atoms with Crippen molar-refractivity contribution in [3.05, 3.63) is 0 Å². The van der Waals surface area contributed by atoms with Gasteiger partial charge in [-0.05, 0) is 34.7 Å². The van der Waals surface area contributed by atoms with E-state index < -0.39 is 0 Å². The van der Waals surface area contributed by atoms with Crippen molar-refractivity contribution in [2.45, 2.75) is 38.6 Å². The molecule has 0 aliphatic rings. The van der Waals surface area contributed by atoms with E-state index in [0.717, 1.165) is 0 Å². The molecule has 0 aliphatic heterocycles. The van der Waals surface area contributed by atoms with Crippen LogP contribution >= 0.6 is 12.6 Å². The van der Waals surface area contributed by atoms with Crippen molar-refractivity contribution in [1.82, 2.24) is 4.90 Å². The van der Waals surface area contributed by atoms with Gasteiger partial charge >= 0.3 is 0 Å². The van der Waals surface area contributed by atoms with E-state index in [1.165, 1.54) is 0 Å². The molecule has 0 rings (SSSR count). The van der Waals surface area contributed by atoms with E-state index in [9.17, 15) is 0 Å². The van der Waals surface area contributed by atoms with Gasteiger partial charge in [0.15, 0.2) is 0 Å². The fourth-order valence-corrected chi connectivity index (χ4v) is 0.863. The molecule has 0 fully saturated rings. The maximum Gasteiger partial charge on any atom is 0.0583 e. The molecule has 0 radical (unpaired) electrons. The fraction of sp³-hybridized carbons (Fsp3) is 1.00. The molecule has 56 valence electrons. The zero-order valence-electron chi connectivity index (χ0n) is 6.97. The molecule has 0 aliphatic carbocycles. The lowest BCUT2D eigenvalue weighted by Gasteiger charge is -2.34. The van der Waals surface area contributed by atoms with Gasteiger partial charge in [0, 0.05) is 6.04 Å². The number of nitrogens with zero attached hydrogens (tertiary/aromatic N) is 1. The van der Waals surface area contributed by atoms with Crippen molar-refractivity contribution >= 4 is 12.6 Å². The smallest absolute Gasteiger partial charge is 0.0583 e. The molecule has 0 saturated heterocycles. The Morgan fingerprint density at radius 2 is 1.67 bits per heavy atom. The first-order valence-corrected chi connectivity index (χ1v) is 3.75. The van der Waals surface area contributed by atoms with Gasteiger partial charge in [-0.2, -0.15) is 12.6 Å². The Labute approximate surface area is 63.8 Å². The van der Waals surface area contributed by atoms with Gasteiger partial charge in [0.05, 0.1) is 4.87 Å². The Morgan fingerprint density at radius 3 is 1.67 bits per heavy atom. The highest BCUT2D eigenvalue weighted by Gasteiger charge is 2.19. The predicted molar refractivity (Wildman–Crippen MR) is 46.0 cm³/mol. The summed E-state index contributed by atoms with van der Waals surface area (Å²) in [4.78, 5) is 2.23. The van der Waals surface area contributed by atoms with Crippen LogP contribution in [0.1, 0.15) is 27.7 Å². The van der Waals surface area contributed by atoms with E-state index in [0.29, 0.717) is 6.04 Å². The summed E-state index contributed by atoms with van der Waals surface area (Å²) in [5, 5.41) is 0. The van der Waals surface area contributed by atoms with Crippen LogP contribution in [0.3, 0.4) is 0 Å². The van der Waals surface area contributed by atoms with Gasteiger partial charge in [-0.3, -0.25) is 4.90 Å². The Morgan fingerprint density at radius 1 is 1.33 bits per heavy atom. The van der Waals surface area contributed by atoms with E-state index in [4.69, 9.17) is 0 Å². The Kier molecular flexibility index (Phi) is 3.03. The third kappa shape index (κ3) is 3.11. The first-order valence-electron chi connectivity index (χ1n) is 3.31. The van der Waals surface area contributed by atoms with Crippen molar-refractivity contribution in [3.63, 3.8) is 0 Å². The summed E-state index contributed by atoms with van der Waals surface area (Å²) < 4.78 is 0. The highest BCUT2D eigenvalue weighted by Crippen LogP contribution is 2.18. The summed E-state index contributed by atoms with van der Waals surface area (Å²) in [6.45, 7) is 8.52. The molecule has 0 aromatic heterocycles. The molecule has 0 amide bonds. The molecule has 0 aromatic carbocycles. The van der Waals surface area contributed by atoms with Crippen molar-refractivity contribution in [2.75, 3.05) is 7.05 Å². The number of thiol groups is 1. The van der Waals surface area contributed by atoms with E-state index in [1.807, 2.05) is 0 Å². The van der Waals surface area contributed by atoms with Crippen molar-refractivity contribution < 1.29 is 0 Å². The van der Waals surface area contributed by atoms with E-state index in [-0.39, 0.29) is 4.87 Å². The second kappa shape index (κ2) is 2.93. The summed E-state index contributed by atoms with van der Waals surface area (Å²) >= 11 is 4.41. The van der Waals surface area contributed by atoms with E-state index in [2.05, 4.69) is 52.3 Å². The Hall–Kier alpha value is 0.310. The average molecular weight is 147 g/mol. The van der Waals surface area contributed by atoms with Gasteiger partial charge in [-0.25, -0.2) is 0 Å². The fourth-order valence-electron chi connectivity index (χ4n) is 0.632. The molecule has 0 bridgehead atoms. The molecule has 1 nitrogen and oxygen atoms in total. The van der Waals surface area contributed by atoms with Crippen molar-refractivity contribution in [2.24, 2.45) is 0 Å². The topological polar surface area (TPSA) is 3.24 Å².